The molecule has 0 aromatic heterocycles. The van der Waals surface area contributed by atoms with E-state index in [0.29, 0.717) is 5.56 Å². The third-order valence-corrected chi connectivity index (χ3v) is 4.19. The third kappa shape index (κ3) is 3.49. The predicted octanol–water partition coefficient (Wildman–Crippen LogP) is 5.47. The molecule has 0 radical (unpaired) electrons. The topological polar surface area (TPSA) is 29.1 Å². The van der Waals surface area contributed by atoms with E-state index in [1.165, 1.54) is 0 Å². The van der Waals surface area contributed by atoms with Crippen LogP contribution in [0, 0.1) is 6.92 Å². The van der Waals surface area contributed by atoms with Gasteiger partial charge < -0.3 is 5.32 Å². The number of rotatable bonds is 3. The zero-order valence-electron chi connectivity index (χ0n) is 11.3. The molecule has 1 amide bonds. The summed E-state index contributed by atoms with van der Waals surface area (Å²) >= 11 is 6.97. The molecule has 0 heterocycles. The zero-order chi connectivity index (χ0) is 14.7. The van der Waals surface area contributed by atoms with Crippen molar-refractivity contribution in [2.24, 2.45) is 0 Å². The number of para-hydroxylation sites is 1. The molecule has 1 atom stereocenters. The first-order valence-electron chi connectivity index (χ1n) is 6.29. The maximum atomic E-state index is 12.4. The van der Waals surface area contributed by atoms with Crippen molar-refractivity contribution < 1.29 is 4.79 Å². The number of carbonyl (C=O) groups is 1. The Morgan fingerprint density at radius 3 is 2.60 bits per heavy atom. The summed E-state index contributed by atoms with van der Waals surface area (Å²) in [7, 11) is 0. The normalized spacial score (nSPS) is 12.0. The van der Waals surface area contributed by atoms with E-state index in [9.17, 15) is 4.79 Å². The van der Waals surface area contributed by atoms with E-state index in [-0.39, 0.29) is 10.7 Å². The summed E-state index contributed by atoms with van der Waals surface area (Å²) < 4.78 is 0.796. The third-order valence-electron chi connectivity index (χ3n) is 3.00. The monoisotopic (exact) mass is 395 g/mol. The molecule has 1 unspecified atom stereocenters. The van der Waals surface area contributed by atoms with Gasteiger partial charge in [-0.1, -0.05) is 45.8 Å². The maximum absolute atomic E-state index is 12.4. The summed E-state index contributed by atoms with van der Waals surface area (Å²) in [5, 5.41) is 2.98. The van der Waals surface area contributed by atoms with Crippen molar-refractivity contribution in [3.8, 4) is 0 Å². The minimum absolute atomic E-state index is 0.110. The molecule has 0 fully saturated rings. The number of amides is 1. The fourth-order valence-electron chi connectivity index (χ4n) is 1.96. The van der Waals surface area contributed by atoms with E-state index < -0.39 is 0 Å². The molecule has 20 heavy (non-hydrogen) atoms. The molecule has 0 saturated carbocycles. The Hall–Kier alpha value is -1.13. The maximum Gasteiger partial charge on any atom is 0.256 e. The molecule has 1 N–H and O–H groups in total. The van der Waals surface area contributed by atoms with Crippen molar-refractivity contribution >= 4 is 43.5 Å². The van der Waals surface area contributed by atoms with Crippen LogP contribution < -0.4 is 5.32 Å². The Bertz CT molecular complexity index is 638. The number of anilines is 1. The fourth-order valence-corrected chi connectivity index (χ4v) is 2.79. The molecule has 2 aromatic carbocycles. The highest BCUT2D eigenvalue weighted by Crippen LogP contribution is 2.29. The molecule has 0 bridgehead atoms. The molecule has 2 nitrogen and oxygen atoms in total. The number of benzene rings is 2. The first-order valence-corrected chi connectivity index (χ1v) is 8.00. The van der Waals surface area contributed by atoms with Crippen LogP contribution in [0.4, 0.5) is 5.69 Å². The lowest BCUT2D eigenvalue weighted by atomic mass is 10.1. The van der Waals surface area contributed by atoms with Crippen LogP contribution in [0.15, 0.2) is 46.9 Å². The summed E-state index contributed by atoms with van der Waals surface area (Å²) in [6.45, 7) is 4.01. The summed E-state index contributed by atoms with van der Waals surface area (Å²) in [6, 6.07) is 13.5. The van der Waals surface area contributed by atoms with Crippen molar-refractivity contribution in [1.82, 2.24) is 0 Å². The molecular weight excluding hydrogens is 382 g/mol. The second kappa shape index (κ2) is 6.55. The van der Waals surface area contributed by atoms with E-state index in [2.05, 4.69) is 37.2 Å². The molecule has 0 aliphatic carbocycles. The number of hydrogen-bond donors (Lipinski definition) is 1. The van der Waals surface area contributed by atoms with Gasteiger partial charge in [0.1, 0.15) is 0 Å². The highest BCUT2D eigenvalue weighted by Gasteiger charge is 2.13. The Morgan fingerprint density at radius 1 is 1.20 bits per heavy atom. The van der Waals surface area contributed by atoms with Gasteiger partial charge in [-0.25, -0.2) is 0 Å². The lowest BCUT2D eigenvalue weighted by Crippen LogP contribution is -2.14. The second-order valence-corrected chi connectivity index (χ2v) is 6.87. The zero-order valence-corrected chi connectivity index (χ0v) is 14.5. The number of carbonyl (C=O) groups excluding carboxylic acids is 1. The Kier molecular flexibility index (Phi) is 5.00. The van der Waals surface area contributed by atoms with Gasteiger partial charge in [-0.2, -0.15) is 0 Å². The Morgan fingerprint density at radius 2 is 1.90 bits per heavy atom. The van der Waals surface area contributed by atoms with E-state index in [0.717, 1.165) is 21.3 Å². The standard InChI is InChI=1S/C16H15Br2NO/c1-10-7-8-14(18)13(9-10)16(20)19-15-6-4-3-5-12(15)11(2)17/h3-9,11H,1-2H3,(H,19,20). The van der Waals surface area contributed by atoms with E-state index in [1.54, 1.807) is 0 Å². The number of aryl methyl sites for hydroxylation is 1. The van der Waals surface area contributed by atoms with Gasteiger partial charge in [-0.05, 0) is 53.5 Å². The number of nitrogens with one attached hydrogen (secondary N) is 1. The smallest absolute Gasteiger partial charge is 0.256 e. The van der Waals surface area contributed by atoms with Gasteiger partial charge in [0.05, 0.1) is 5.56 Å². The minimum Gasteiger partial charge on any atom is -0.322 e. The number of hydrogen-bond acceptors (Lipinski definition) is 1. The average Bonchev–Trinajstić information content (AvgIpc) is 2.41. The summed E-state index contributed by atoms with van der Waals surface area (Å²) in [6.07, 6.45) is 0. The van der Waals surface area contributed by atoms with Crippen molar-refractivity contribution in [3.63, 3.8) is 0 Å². The first-order chi connectivity index (χ1) is 9.49. The second-order valence-electron chi connectivity index (χ2n) is 4.64. The van der Waals surface area contributed by atoms with Crippen LogP contribution in [0.3, 0.4) is 0 Å². The van der Waals surface area contributed by atoms with Crippen LogP contribution in [0.2, 0.25) is 0 Å². The Labute approximate surface area is 135 Å². The summed E-state index contributed by atoms with van der Waals surface area (Å²) in [5.41, 5.74) is 3.59. The Balaban J connectivity index is 2.31. The highest BCUT2D eigenvalue weighted by molar-refractivity contribution is 9.10. The quantitative estimate of drug-likeness (QED) is 0.685. The molecular formula is C16H15Br2NO. The van der Waals surface area contributed by atoms with Gasteiger partial charge in [0.2, 0.25) is 0 Å². The molecule has 2 rings (SSSR count). The molecule has 0 saturated heterocycles. The van der Waals surface area contributed by atoms with Crippen LogP contribution in [0.1, 0.15) is 33.2 Å². The molecule has 104 valence electrons. The highest BCUT2D eigenvalue weighted by atomic mass is 79.9. The van der Waals surface area contributed by atoms with Crippen molar-refractivity contribution in [2.45, 2.75) is 18.7 Å². The van der Waals surface area contributed by atoms with E-state index in [4.69, 9.17) is 0 Å². The number of halogens is 2. The molecule has 0 aliphatic heterocycles. The fraction of sp³-hybridized carbons (Fsp3) is 0.188. The van der Waals surface area contributed by atoms with E-state index in [1.807, 2.05) is 56.3 Å². The minimum atomic E-state index is -0.110. The molecule has 0 spiro atoms. The van der Waals surface area contributed by atoms with Crippen molar-refractivity contribution in [3.05, 3.63) is 63.6 Å². The van der Waals surface area contributed by atoms with Gasteiger partial charge in [-0.3, -0.25) is 4.79 Å². The number of alkyl halides is 1. The first kappa shape index (κ1) is 15.3. The van der Waals surface area contributed by atoms with Gasteiger partial charge in [0, 0.05) is 15.0 Å². The SMILES string of the molecule is Cc1ccc(Br)c(C(=O)Nc2ccccc2C(C)Br)c1. The lowest BCUT2D eigenvalue weighted by Gasteiger charge is -2.13. The molecule has 4 heteroatoms. The predicted molar refractivity (Wildman–Crippen MR) is 90.6 cm³/mol. The molecule has 2 aromatic rings. The van der Waals surface area contributed by atoms with Crippen LogP contribution in [0.5, 0.6) is 0 Å². The van der Waals surface area contributed by atoms with Gasteiger partial charge >= 0.3 is 0 Å². The van der Waals surface area contributed by atoms with Gasteiger partial charge in [0.15, 0.2) is 0 Å². The van der Waals surface area contributed by atoms with Crippen LogP contribution >= 0.6 is 31.9 Å². The average molecular weight is 397 g/mol. The van der Waals surface area contributed by atoms with Crippen molar-refractivity contribution in [2.75, 3.05) is 5.32 Å². The largest absolute Gasteiger partial charge is 0.322 e. The van der Waals surface area contributed by atoms with E-state index >= 15 is 0 Å². The van der Waals surface area contributed by atoms with Crippen molar-refractivity contribution in [1.29, 1.82) is 0 Å². The summed E-state index contributed by atoms with van der Waals surface area (Å²) in [5.74, 6) is -0.110. The van der Waals surface area contributed by atoms with Crippen LogP contribution in [-0.4, -0.2) is 5.91 Å². The lowest BCUT2D eigenvalue weighted by molar-refractivity contribution is 0.102. The van der Waals surface area contributed by atoms with Gasteiger partial charge in [-0.15, -0.1) is 0 Å². The summed E-state index contributed by atoms with van der Waals surface area (Å²) in [4.78, 5) is 12.6. The van der Waals surface area contributed by atoms with Gasteiger partial charge in [0.25, 0.3) is 5.91 Å². The van der Waals surface area contributed by atoms with Crippen LogP contribution in [0.25, 0.3) is 0 Å². The van der Waals surface area contributed by atoms with Crippen LogP contribution in [-0.2, 0) is 0 Å². The molecule has 0 aliphatic rings.